The zero-order valence-corrected chi connectivity index (χ0v) is 43.9. The molecule has 0 spiro atoms. The third-order valence-electron chi connectivity index (χ3n) is 12.5. The molecular weight excluding hydrogens is 823 g/mol. The maximum absolute atomic E-state index is 12.8. The summed E-state index contributed by atoms with van der Waals surface area (Å²) in [6, 6.07) is -0.618. The van der Waals surface area contributed by atoms with E-state index in [1.54, 1.807) is 0 Å². The van der Waals surface area contributed by atoms with Crippen molar-refractivity contribution in [2.75, 3.05) is 41.0 Å². The van der Waals surface area contributed by atoms with Crippen LogP contribution in [0.25, 0.3) is 0 Å². The molecule has 0 aromatic rings. The van der Waals surface area contributed by atoms with Crippen LogP contribution in [0.15, 0.2) is 48.6 Å². The monoisotopic (exact) mass is 929 g/mol. The van der Waals surface area contributed by atoms with E-state index in [-0.39, 0.29) is 36.2 Å². The normalized spacial score (nSPS) is 13.2. The zero-order chi connectivity index (χ0) is 48.4. The number of ether oxygens (including phenoxy) is 3. The Hall–Kier alpha value is -2.71. The van der Waals surface area contributed by atoms with Crippen LogP contribution in [0, 0.1) is 0 Å². The molecule has 0 amide bonds. The van der Waals surface area contributed by atoms with E-state index in [1.807, 2.05) is 21.1 Å². The fourth-order valence-corrected chi connectivity index (χ4v) is 8.22. The maximum Gasteiger partial charge on any atom is 0.362 e. The Morgan fingerprint density at radius 3 is 1.27 bits per heavy atom. The SMILES string of the molecule is CC/C=C/C/C=C/C/C=C/CCCCCCCCCCCC(=O)OC(COCCC(C(=O)O)[N+](C)(C)C)COC(=O)CCCCCCCCC/C=C/CCCCCCCCCCCCCC. The molecule has 0 aliphatic carbocycles. The maximum atomic E-state index is 12.8. The molecule has 0 heterocycles. The van der Waals surface area contributed by atoms with Gasteiger partial charge in [0.1, 0.15) is 6.61 Å². The molecule has 1 N–H and O–H groups in total. The minimum absolute atomic E-state index is 0.0547. The van der Waals surface area contributed by atoms with E-state index in [0.29, 0.717) is 19.3 Å². The van der Waals surface area contributed by atoms with Gasteiger partial charge in [0.25, 0.3) is 0 Å². The van der Waals surface area contributed by atoms with Gasteiger partial charge >= 0.3 is 17.9 Å². The standard InChI is InChI=1S/C58H105NO7/c1-6-8-10-12-14-16-18-20-22-24-26-27-28-29-31-32-34-36-38-40-42-44-46-48-56(60)65-53-54(52-64-51-50-55(58(62)63)59(3,4)5)66-57(61)49-47-45-43-41-39-37-35-33-30-25-23-21-19-17-15-13-11-9-7-2/h9,11,15,17,21,23,29,31,54-55H,6-8,10,12-14,16,18-20,22,24-28,30,32-53H2,1-5H3/p+1/b11-9+,17-15+,23-21+,31-29+. The second-order valence-electron chi connectivity index (χ2n) is 19.8. The first-order valence-corrected chi connectivity index (χ1v) is 27.7. The first-order valence-electron chi connectivity index (χ1n) is 27.7. The first-order chi connectivity index (χ1) is 32.1. The lowest BCUT2D eigenvalue weighted by molar-refractivity contribution is -0.887. The number of carboxylic acid groups (broad SMARTS) is 1. The van der Waals surface area contributed by atoms with Gasteiger partial charge < -0.3 is 23.8 Å². The van der Waals surface area contributed by atoms with Crippen molar-refractivity contribution in [3.05, 3.63) is 48.6 Å². The average molecular weight is 929 g/mol. The molecule has 2 unspecified atom stereocenters. The summed E-state index contributed by atoms with van der Waals surface area (Å²) in [6.07, 6.45) is 60.3. The fourth-order valence-electron chi connectivity index (χ4n) is 8.22. The molecule has 0 aliphatic rings. The van der Waals surface area contributed by atoms with Gasteiger partial charge in [-0.25, -0.2) is 4.79 Å². The number of carbonyl (C=O) groups excluding carboxylic acids is 2. The number of quaternary nitrogens is 1. The van der Waals surface area contributed by atoms with Gasteiger partial charge in [-0.2, -0.15) is 0 Å². The van der Waals surface area contributed by atoms with Crippen LogP contribution >= 0.6 is 0 Å². The molecule has 8 nitrogen and oxygen atoms in total. The van der Waals surface area contributed by atoms with Crippen LogP contribution < -0.4 is 0 Å². The summed E-state index contributed by atoms with van der Waals surface area (Å²) in [7, 11) is 5.54. The van der Waals surface area contributed by atoms with E-state index >= 15 is 0 Å². The first kappa shape index (κ1) is 63.3. The second kappa shape index (κ2) is 48.7. The van der Waals surface area contributed by atoms with Crippen LogP contribution in [0.3, 0.4) is 0 Å². The van der Waals surface area contributed by atoms with Crippen molar-refractivity contribution in [1.29, 1.82) is 0 Å². The molecule has 0 saturated heterocycles. The largest absolute Gasteiger partial charge is 0.477 e. The number of likely N-dealkylation sites (N-methyl/N-ethyl adjacent to an activating group) is 1. The van der Waals surface area contributed by atoms with Gasteiger partial charge in [0, 0.05) is 19.3 Å². The van der Waals surface area contributed by atoms with Crippen molar-refractivity contribution in [3.63, 3.8) is 0 Å². The summed E-state index contributed by atoms with van der Waals surface area (Å²) < 4.78 is 17.4. The molecule has 0 fully saturated rings. The molecule has 0 aliphatic heterocycles. The van der Waals surface area contributed by atoms with Gasteiger partial charge in [0.15, 0.2) is 12.1 Å². The number of nitrogens with zero attached hydrogens (tertiary/aromatic N) is 1. The summed E-state index contributed by atoms with van der Waals surface area (Å²) in [4.78, 5) is 37.2. The highest BCUT2D eigenvalue weighted by Gasteiger charge is 2.31. The van der Waals surface area contributed by atoms with Crippen molar-refractivity contribution < 1.29 is 38.2 Å². The minimum Gasteiger partial charge on any atom is -0.477 e. The van der Waals surface area contributed by atoms with Gasteiger partial charge in [-0.05, 0) is 70.6 Å². The summed E-state index contributed by atoms with van der Waals surface area (Å²) >= 11 is 0. The molecular formula is C58H106NO7+. The molecule has 0 aromatic heterocycles. The molecule has 0 aromatic carbocycles. The number of carbonyl (C=O) groups is 3. The van der Waals surface area contributed by atoms with Gasteiger partial charge in [-0.15, -0.1) is 0 Å². The Balaban J connectivity index is 4.18. The number of esters is 2. The predicted molar refractivity (Wildman–Crippen MR) is 280 cm³/mol. The summed E-state index contributed by atoms with van der Waals surface area (Å²) in [5.74, 6) is -1.47. The van der Waals surface area contributed by atoms with Crippen LogP contribution in [0.2, 0.25) is 0 Å². The van der Waals surface area contributed by atoms with E-state index in [0.717, 1.165) is 64.2 Å². The Kier molecular flexibility index (Phi) is 46.7. The van der Waals surface area contributed by atoms with Crippen LogP contribution in [-0.2, 0) is 28.6 Å². The molecule has 0 saturated carbocycles. The fraction of sp³-hybridized carbons (Fsp3) is 0.810. The van der Waals surface area contributed by atoms with Crippen LogP contribution in [-0.4, -0.2) is 80.6 Å². The number of carboxylic acids is 1. The van der Waals surface area contributed by atoms with Gasteiger partial charge in [-0.1, -0.05) is 210 Å². The van der Waals surface area contributed by atoms with E-state index < -0.39 is 18.1 Å². The number of aliphatic carboxylic acids is 1. The van der Waals surface area contributed by atoms with Gasteiger partial charge in [0.2, 0.25) is 0 Å². The Morgan fingerprint density at radius 1 is 0.470 bits per heavy atom. The third-order valence-corrected chi connectivity index (χ3v) is 12.5. The molecule has 2 atom stereocenters. The summed E-state index contributed by atoms with van der Waals surface area (Å²) in [5.41, 5.74) is 0. The van der Waals surface area contributed by atoms with Gasteiger partial charge in [-0.3, -0.25) is 9.59 Å². The van der Waals surface area contributed by atoms with Crippen molar-refractivity contribution in [2.45, 2.75) is 264 Å². The highest BCUT2D eigenvalue weighted by atomic mass is 16.6. The average Bonchev–Trinajstić information content (AvgIpc) is 3.28. The molecule has 0 rings (SSSR count). The quantitative estimate of drug-likeness (QED) is 0.0281. The third kappa shape index (κ3) is 46.4. The summed E-state index contributed by atoms with van der Waals surface area (Å²) in [6.45, 7) is 4.65. The number of allylic oxidation sites excluding steroid dienone is 8. The number of unbranched alkanes of at least 4 members (excludes halogenated alkanes) is 28. The Labute approximate surface area is 407 Å². The zero-order valence-electron chi connectivity index (χ0n) is 43.9. The molecule has 384 valence electrons. The molecule has 0 radical (unpaired) electrons. The van der Waals surface area contributed by atoms with E-state index in [2.05, 4.69) is 62.5 Å². The summed E-state index contributed by atoms with van der Waals surface area (Å²) in [5, 5.41) is 9.67. The highest BCUT2D eigenvalue weighted by molar-refractivity contribution is 5.72. The second-order valence-corrected chi connectivity index (χ2v) is 19.8. The Bertz CT molecular complexity index is 1220. The predicted octanol–water partition coefficient (Wildman–Crippen LogP) is 16.3. The lowest BCUT2D eigenvalue weighted by Crippen LogP contribution is -2.50. The van der Waals surface area contributed by atoms with Crippen molar-refractivity contribution in [1.82, 2.24) is 0 Å². The van der Waals surface area contributed by atoms with E-state index in [1.165, 1.54) is 154 Å². The number of rotatable bonds is 50. The van der Waals surface area contributed by atoms with Crippen LogP contribution in [0.4, 0.5) is 0 Å². The van der Waals surface area contributed by atoms with E-state index in [4.69, 9.17) is 14.2 Å². The van der Waals surface area contributed by atoms with Crippen LogP contribution in [0.5, 0.6) is 0 Å². The molecule has 0 bridgehead atoms. The molecule has 8 heteroatoms. The van der Waals surface area contributed by atoms with Gasteiger partial charge in [0.05, 0.1) is 34.4 Å². The lowest BCUT2D eigenvalue weighted by atomic mass is 10.0. The number of hydrogen-bond donors (Lipinski definition) is 1. The van der Waals surface area contributed by atoms with E-state index in [9.17, 15) is 19.5 Å². The van der Waals surface area contributed by atoms with Crippen LogP contribution in [0.1, 0.15) is 251 Å². The lowest BCUT2D eigenvalue weighted by Gasteiger charge is -2.31. The van der Waals surface area contributed by atoms with Crippen molar-refractivity contribution >= 4 is 17.9 Å². The highest BCUT2D eigenvalue weighted by Crippen LogP contribution is 2.16. The van der Waals surface area contributed by atoms with Crippen molar-refractivity contribution in [3.8, 4) is 0 Å². The number of hydrogen-bond acceptors (Lipinski definition) is 6. The minimum atomic E-state index is -0.875. The Morgan fingerprint density at radius 2 is 0.848 bits per heavy atom. The smallest absolute Gasteiger partial charge is 0.362 e. The molecule has 66 heavy (non-hydrogen) atoms. The van der Waals surface area contributed by atoms with Crippen molar-refractivity contribution in [2.24, 2.45) is 0 Å². The topological polar surface area (TPSA) is 99.1 Å².